The van der Waals surface area contributed by atoms with E-state index < -0.39 is 0 Å². The minimum absolute atomic E-state index is 0.126. The molecule has 0 saturated carbocycles. The number of allylic oxidation sites excluding steroid dienone is 3. The molecule has 2 heterocycles. The highest BCUT2D eigenvalue weighted by atomic mass is 35.5. The van der Waals surface area contributed by atoms with Gasteiger partial charge in [-0.25, -0.2) is 9.67 Å². The van der Waals surface area contributed by atoms with Crippen molar-refractivity contribution in [3.05, 3.63) is 32.7 Å². The van der Waals surface area contributed by atoms with E-state index in [1.165, 1.54) is 0 Å². The molecule has 0 atom stereocenters. The molecule has 3 N–H and O–H groups in total. The summed E-state index contributed by atoms with van der Waals surface area (Å²) in [5, 5.41) is 8.13. The van der Waals surface area contributed by atoms with Gasteiger partial charge in [-0.05, 0) is 45.3 Å². The van der Waals surface area contributed by atoms with Gasteiger partial charge in [0.1, 0.15) is 0 Å². The van der Waals surface area contributed by atoms with Crippen LogP contribution in [0.1, 0.15) is 33.6 Å². The monoisotopic (exact) mass is 376 g/mol. The summed E-state index contributed by atoms with van der Waals surface area (Å²) in [6, 6.07) is 0. The van der Waals surface area contributed by atoms with E-state index in [9.17, 15) is 4.79 Å². The molecular weight excluding hydrogens is 352 g/mol. The third kappa shape index (κ3) is 2.90. The second-order valence-corrected chi connectivity index (χ2v) is 6.91. The third-order valence-electron chi connectivity index (χ3n) is 4.90. The van der Waals surface area contributed by atoms with E-state index in [2.05, 4.69) is 9.89 Å². The highest BCUT2D eigenvalue weighted by Gasteiger charge is 2.27. The van der Waals surface area contributed by atoms with Gasteiger partial charge in [-0.1, -0.05) is 11.6 Å². The summed E-state index contributed by atoms with van der Waals surface area (Å²) in [5.74, 6) is 0.847. The van der Waals surface area contributed by atoms with E-state index in [1.807, 2.05) is 18.5 Å². The van der Waals surface area contributed by atoms with Crippen molar-refractivity contribution in [1.82, 2.24) is 9.36 Å². The van der Waals surface area contributed by atoms with E-state index in [1.54, 1.807) is 17.7 Å². The first-order valence-corrected chi connectivity index (χ1v) is 9.38. The van der Waals surface area contributed by atoms with Crippen molar-refractivity contribution in [3.63, 3.8) is 0 Å². The Labute approximate surface area is 157 Å². The molecule has 26 heavy (non-hydrogen) atoms. The Morgan fingerprint density at radius 1 is 1.23 bits per heavy atom. The van der Waals surface area contributed by atoms with Gasteiger partial charge in [-0.3, -0.25) is 14.9 Å². The lowest BCUT2D eigenvalue weighted by Gasteiger charge is -2.21. The van der Waals surface area contributed by atoms with Gasteiger partial charge in [-0.15, -0.1) is 0 Å². The fourth-order valence-corrected chi connectivity index (χ4v) is 3.77. The molecular formula is C18H25ClN6O. The molecule has 0 bridgehead atoms. The zero-order chi connectivity index (χ0) is 19.0. The SMILES string of the molecule is CCn1c(N2CCCC2)c(N=C2C=C(C)C(=N)C(Cl)=C2N)c(=O)n1CC. The molecule has 1 fully saturated rings. The minimum atomic E-state index is -0.126. The first-order valence-electron chi connectivity index (χ1n) is 9.01. The Balaban J connectivity index is 2.23. The molecule has 0 amide bonds. The summed E-state index contributed by atoms with van der Waals surface area (Å²) in [6.45, 7) is 8.85. The molecule has 1 aliphatic carbocycles. The van der Waals surface area contributed by atoms with Gasteiger partial charge in [0.2, 0.25) is 0 Å². The predicted octanol–water partition coefficient (Wildman–Crippen LogP) is 2.75. The number of anilines is 1. The number of nitrogens with one attached hydrogen (secondary N) is 1. The van der Waals surface area contributed by atoms with Gasteiger partial charge in [-0.2, -0.15) is 0 Å². The maximum Gasteiger partial charge on any atom is 0.294 e. The van der Waals surface area contributed by atoms with Gasteiger partial charge >= 0.3 is 0 Å². The number of nitrogens with two attached hydrogens (primary N) is 1. The molecule has 8 heteroatoms. The number of halogens is 1. The second kappa shape index (κ2) is 7.15. The zero-order valence-electron chi connectivity index (χ0n) is 15.5. The molecule has 1 aliphatic heterocycles. The fraction of sp³-hybridized carbons (Fsp3) is 0.500. The van der Waals surface area contributed by atoms with Crippen LogP contribution in [0, 0.1) is 5.41 Å². The van der Waals surface area contributed by atoms with Crippen LogP contribution in [-0.4, -0.2) is 33.9 Å². The summed E-state index contributed by atoms with van der Waals surface area (Å²) in [6.07, 6.45) is 3.93. The maximum absolute atomic E-state index is 13.0. The smallest absolute Gasteiger partial charge is 0.294 e. The first kappa shape index (κ1) is 18.5. The van der Waals surface area contributed by atoms with Crippen LogP contribution in [0.5, 0.6) is 0 Å². The van der Waals surface area contributed by atoms with E-state index in [0.29, 0.717) is 30.1 Å². The van der Waals surface area contributed by atoms with Crippen LogP contribution in [0.15, 0.2) is 32.2 Å². The molecule has 3 rings (SSSR count). The molecule has 1 aromatic rings. The van der Waals surface area contributed by atoms with Crippen LogP contribution in [0.25, 0.3) is 0 Å². The maximum atomic E-state index is 13.0. The van der Waals surface area contributed by atoms with E-state index >= 15 is 0 Å². The van der Waals surface area contributed by atoms with Gasteiger partial charge in [0, 0.05) is 26.2 Å². The van der Waals surface area contributed by atoms with Crippen molar-refractivity contribution < 1.29 is 0 Å². The number of aliphatic imine (C=N–C) groups is 1. The fourth-order valence-electron chi connectivity index (χ4n) is 3.53. The Kier molecular flexibility index (Phi) is 5.09. The predicted molar refractivity (Wildman–Crippen MR) is 107 cm³/mol. The van der Waals surface area contributed by atoms with Crippen molar-refractivity contribution >= 4 is 34.5 Å². The van der Waals surface area contributed by atoms with Crippen molar-refractivity contribution in [2.24, 2.45) is 10.7 Å². The normalized spacial score (nSPS) is 19.7. The molecule has 140 valence electrons. The number of aromatic nitrogens is 2. The Hall–Kier alpha value is -2.28. The number of rotatable bonds is 4. The Morgan fingerprint density at radius 2 is 1.85 bits per heavy atom. The second-order valence-electron chi connectivity index (χ2n) is 6.53. The van der Waals surface area contributed by atoms with Crippen molar-refractivity contribution in [3.8, 4) is 0 Å². The van der Waals surface area contributed by atoms with E-state index in [4.69, 9.17) is 22.7 Å². The molecule has 2 aliphatic rings. The molecule has 0 radical (unpaired) electrons. The summed E-state index contributed by atoms with van der Waals surface area (Å²) >= 11 is 6.18. The molecule has 1 aromatic heterocycles. The quantitative estimate of drug-likeness (QED) is 0.791. The first-order chi connectivity index (χ1) is 12.4. The zero-order valence-corrected chi connectivity index (χ0v) is 16.2. The largest absolute Gasteiger partial charge is 0.396 e. The lowest BCUT2D eigenvalue weighted by atomic mass is 10.0. The minimum Gasteiger partial charge on any atom is -0.396 e. The van der Waals surface area contributed by atoms with Crippen LogP contribution in [-0.2, 0) is 13.1 Å². The molecule has 1 saturated heterocycles. The molecule has 0 aromatic carbocycles. The van der Waals surface area contributed by atoms with Gasteiger partial charge < -0.3 is 10.6 Å². The lowest BCUT2D eigenvalue weighted by molar-refractivity contribution is 0.476. The number of nitrogens with zero attached hydrogens (tertiary/aromatic N) is 4. The van der Waals surface area contributed by atoms with Crippen LogP contribution < -0.4 is 16.2 Å². The van der Waals surface area contributed by atoms with Crippen LogP contribution in [0.4, 0.5) is 11.5 Å². The summed E-state index contributed by atoms with van der Waals surface area (Å²) in [7, 11) is 0. The average Bonchev–Trinajstić information content (AvgIpc) is 3.24. The highest BCUT2D eigenvalue weighted by Crippen LogP contribution is 2.31. The molecule has 0 unspecified atom stereocenters. The van der Waals surface area contributed by atoms with Gasteiger partial charge in [0.05, 0.1) is 22.2 Å². The number of hydrogen-bond acceptors (Lipinski definition) is 5. The Morgan fingerprint density at radius 3 is 2.42 bits per heavy atom. The summed E-state index contributed by atoms with van der Waals surface area (Å²) < 4.78 is 3.71. The topological polar surface area (TPSA) is 92.4 Å². The third-order valence-corrected chi connectivity index (χ3v) is 5.29. The molecule has 7 nitrogen and oxygen atoms in total. The van der Waals surface area contributed by atoms with Crippen LogP contribution in [0.3, 0.4) is 0 Å². The van der Waals surface area contributed by atoms with E-state index in [0.717, 1.165) is 31.7 Å². The summed E-state index contributed by atoms with van der Waals surface area (Å²) in [5.41, 5.74) is 7.91. The van der Waals surface area contributed by atoms with E-state index in [-0.39, 0.29) is 22.0 Å². The standard InChI is InChI=1S/C18H25ClN6O/c1-4-24-17(23-8-6-7-9-23)16(18(26)25(24)5-2)22-12-10-11(3)14(20)13(19)15(12)21/h10,20H,4-9,21H2,1-3H3. The highest BCUT2D eigenvalue weighted by molar-refractivity contribution is 6.49. The summed E-state index contributed by atoms with van der Waals surface area (Å²) in [4.78, 5) is 19.9. The van der Waals surface area contributed by atoms with Gasteiger partial charge in [0.25, 0.3) is 5.56 Å². The Bertz CT molecular complexity index is 896. The van der Waals surface area contributed by atoms with Crippen molar-refractivity contribution in [2.75, 3.05) is 18.0 Å². The average molecular weight is 377 g/mol. The lowest BCUT2D eigenvalue weighted by Crippen LogP contribution is -2.25. The molecule has 0 spiro atoms. The van der Waals surface area contributed by atoms with Gasteiger partial charge in [0.15, 0.2) is 11.5 Å². The van der Waals surface area contributed by atoms with Crippen molar-refractivity contribution in [1.29, 1.82) is 5.41 Å². The van der Waals surface area contributed by atoms with Crippen LogP contribution >= 0.6 is 11.6 Å². The number of hydrogen-bond donors (Lipinski definition) is 2. The van der Waals surface area contributed by atoms with Crippen molar-refractivity contribution in [2.45, 2.75) is 46.7 Å². The van der Waals surface area contributed by atoms with Crippen LogP contribution in [0.2, 0.25) is 0 Å².